The summed E-state index contributed by atoms with van der Waals surface area (Å²) < 4.78 is 7.32. The van der Waals surface area contributed by atoms with Gasteiger partial charge in [-0.05, 0) is 30.5 Å². The number of hydrogen-bond donors (Lipinski definition) is 1. The van der Waals surface area contributed by atoms with Crippen molar-refractivity contribution in [2.75, 3.05) is 25.6 Å². The number of hydrogen-bond acceptors (Lipinski definition) is 4. The largest absolute Gasteiger partial charge is 0.385 e. The Kier molecular flexibility index (Phi) is 5.35. The lowest BCUT2D eigenvalue weighted by atomic mass is 10.1. The van der Waals surface area contributed by atoms with E-state index in [9.17, 15) is 0 Å². The second-order valence-electron chi connectivity index (χ2n) is 6.76. The van der Waals surface area contributed by atoms with Gasteiger partial charge in [0, 0.05) is 37.7 Å². The maximum Gasteiger partial charge on any atom is 0.150 e. The molecular formula is C23H24N4O. The first-order chi connectivity index (χ1) is 13.8. The molecule has 1 N–H and O–H groups in total. The number of para-hydroxylation sites is 1. The Morgan fingerprint density at radius 2 is 1.79 bits per heavy atom. The molecule has 2 aromatic carbocycles. The highest BCUT2D eigenvalue weighted by atomic mass is 16.5. The molecule has 2 aromatic heterocycles. The first-order valence-corrected chi connectivity index (χ1v) is 9.50. The Hall–Kier alpha value is -3.18. The molecule has 0 saturated carbocycles. The summed E-state index contributed by atoms with van der Waals surface area (Å²) in [5.41, 5.74) is 5.49. The van der Waals surface area contributed by atoms with Crippen LogP contribution in [0.2, 0.25) is 0 Å². The Labute approximate surface area is 165 Å². The monoisotopic (exact) mass is 372 g/mol. The minimum atomic E-state index is 0.719. The zero-order valence-corrected chi connectivity index (χ0v) is 16.2. The number of aryl methyl sites for hydroxylation is 1. The molecule has 5 heteroatoms. The molecule has 0 saturated heterocycles. The third-order valence-electron chi connectivity index (χ3n) is 4.86. The maximum absolute atomic E-state index is 5.16. The van der Waals surface area contributed by atoms with Gasteiger partial charge in [0.15, 0.2) is 5.65 Å². The van der Waals surface area contributed by atoms with Gasteiger partial charge in [0.05, 0.1) is 5.39 Å². The molecule has 0 fully saturated rings. The second-order valence-corrected chi connectivity index (χ2v) is 6.76. The Morgan fingerprint density at radius 3 is 2.57 bits per heavy atom. The molecule has 5 nitrogen and oxygen atoms in total. The van der Waals surface area contributed by atoms with E-state index in [-0.39, 0.29) is 0 Å². The molecular weight excluding hydrogens is 348 g/mol. The van der Waals surface area contributed by atoms with Gasteiger partial charge in [0.2, 0.25) is 0 Å². The summed E-state index contributed by atoms with van der Waals surface area (Å²) in [7, 11) is 1.72. The van der Waals surface area contributed by atoms with Crippen molar-refractivity contribution in [1.82, 2.24) is 14.5 Å². The lowest BCUT2D eigenvalue weighted by Crippen LogP contribution is -2.07. The summed E-state index contributed by atoms with van der Waals surface area (Å²) in [6.07, 6.45) is 4.71. The van der Waals surface area contributed by atoms with Crippen LogP contribution in [0.15, 0.2) is 67.1 Å². The van der Waals surface area contributed by atoms with Gasteiger partial charge in [-0.3, -0.25) is 0 Å². The van der Waals surface area contributed by atoms with Gasteiger partial charge in [-0.15, -0.1) is 0 Å². The minimum absolute atomic E-state index is 0.719. The summed E-state index contributed by atoms with van der Waals surface area (Å²) in [6, 6.07) is 18.7. The van der Waals surface area contributed by atoms with Crippen molar-refractivity contribution in [3.8, 4) is 16.8 Å². The van der Waals surface area contributed by atoms with Crippen LogP contribution < -0.4 is 5.32 Å². The van der Waals surface area contributed by atoms with Crippen molar-refractivity contribution in [3.63, 3.8) is 0 Å². The molecule has 4 rings (SSSR count). The van der Waals surface area contributed by atoms with Crippen LogP contribution in [0.3, 0.4) is 0 Å². The van der Waals surface area contributed by atoms with Gasteiger partial charge in [0.1, 0.15) is 12.1 Å². The highest BCUT2D eigenvalue weighted by Gasteiger charge is 2.17. The number of rotatable bonds is 7. The molecule has 0 aliphatic heterocycles. The van der Waals surface area contributed by atoms with Crippen LogP contribution in [0.5, 0.6) is 0 Å². The SMILES string of the molecule is COCCCNc1ncnc2c1c(-c1ccccc1)cn2-c1ccccc1C. The third kappa shape index (κ3) is 3.49. The van der Waals surface area contributed by atoms with E-state index in [1.807, 2.05) is 6.07 Å². The second kappa shape index (κ2) is 8.23. The molecule has 0 radical (unpaired) electrons. The molecule has 142 valence electrons. The minimum Gasteiger partial charge on any atom is -0.385 e. The van der Waals surface area contributed by atoms with Crippen LogP contribution in [0.4, 0.5) is 5.82 Å². The lowest BCUT2D eigenvalue weighted by Gasteiger charge is -2.09. The first-order valence-electron chi connectivity index (χ1n) is 9.50. The number of nitrogens with zero attached hydrogens (tertiary/aromatic N) is 3. The summed E-state index contributed by atoms with van der Waals surface area (Å²) >= 11 is 0. The lowest BCUT2D eigenvalue weighted by molar-refractivity contribution is 0.198. The van der Waals surface area contributed by atoms with E-state index in [4.69, 9.17) is 4.74 Å². The fourth-order valence-electron chi connectivity index (χ4n) is 3.47. The fraction of sp³-hybridized carbons (Fsp3) is 0.217. The van der Waals surface area contributed by atoms with Crippen LogP contribution >= 0.6 is 0 Å². The molecule has 0 atom stereocenters. The summed E-state index contributed by atoms with van der Waals surface area (Å²) in [4.78, 5) is 9.18. The normalized spacial score (nSPS) is 11.1. The predicted molar refractivity (Wildman–Crippen MR) is 114 cm³/mol. The van der Waals surface area contributed by atoms with Crippen LogP contribution in [-0.2, 0) is 4.74 Å². The number of ether oxygens (including phenoxy) is 1. The summed E-state index contributed by atoms with van der Waals surface area (Å²) in [6.45, 7) is 3.63. The van der Waals surface area contributed by atoms with Gasteiger partial charge in [0.25, 0.3) is 0 Å². The summed E-state index contributed by atoms with van der Waals surface area (Å²) in [5, 5.41) is 4.50. The molecule has 0 aliphatic rings. The van der Waals surface area contributed by atoms with Gasteiger partial charge in [-0.1, -0.05) is 48.5 Å². The molecule has 0 aliphatic carbocycles. The van der Waals surface area contributed by atoms with Crippen molar-refractivity contribution in [2.45, 2.75) is 13.3 Å². The van der Waals surface area contributed by atoms with E-state index < -0.39 is 0 Å². The van der Waals surface area contributed by atoms with Crippen LogP contribution in [-0.4, -0.2) is 34.8 Å². The topological polar surface area (TPSA) is 52.0 Å². The van der Waals surface area contributed by atoms with E-state index in [1.165, 1.54) is 5.56 Å². The first kappa shape index (κ1) is 18.2. The number of aromatic nitrogens is 3. The predicted octanol–water partition coefficient (Wildman–Crippen LogP) is 4.84. The third-order valence-corrected chi connectivity index (χ3v) is 4.86. The van der Waals surface area contributed by atoms with Gasteiger partial charge in [-0.2, -0.15) is 0 Å². The van der Waals surface area contributed by atoms with Gasteiger partial charge >= 0.3 is 0 Å². The highest BCUT2D eigenvalue weighted by Crippen LogP contribution is 2.35. The van der Waals surface area contributed by atoms with E-state index in [0.717, 1.165) is 53.2 Å². The molecule has 4 aromatic rings. The Bertz CT molecular complexity index is 1070. The Balaban J connectivity index is 1.89. The van der Waals surface area contributed by atoms with Crippen molar-refractivity contribution >= 4 is 16.9 Å². The van der Waals surface area contributed by atoms with E-state index >= 15 is 0 Å². The van der Waals surface area contributed by atoms with Crippen LogP contribution in [0, 0.1) is 6.92 Å². The number of nitrogens with one attached hydrogen (secondary N) is 1. The smallest absolute Gasteiger partial charge is 0.150 e. The number of fused-ring (bicyclic) bond motifs is 1. The fourth-order valence-corrected chi connectivity index (χ4v) is 3.47. The molecule has 2 heterocycles. The van der Waals surface area contributed by atoms with Crippen LogP contribution in [0.1, 0.15) is 12.0 Å². The van der Waals surface area contributed by atoms with Crippen molar-refractivity contribution in [1.29, 1.82) is 0 Å². The van der Waals surface area contributed by atoms with Crippen molar-refractivity contribution < 1.29 is 4.74 Å². The number of methoxy groups -OCH3 is 1. The number of benzene rings is 2. The van der Waals surface area contributed by atoms with E-state index in [1.54, 1.807) is 13.4 Å². The van der Waals surface area contributed by atoms with Gasteiger partial charge in [-0.25, -0.2) is 9.97 Å². The zero-order chi connectivity index (χ0) is 19.3. The quantitative estimate of drug-likeness (QED) is 0.472. The van der Waals surface area contributed by atoms with Gasteiger partial charge < -0.3 is 14.6 Å². The molecule has 0 spiro atoms. The highest BCUT2D eigenvalue weighted by molar-refractivity contribution is 6.02. The van der Waals surface area contributed by atoms with E-state index in [2.05, 4.69) is 81.5 Å². The summed E-state index contributed by atoms with van der Waals surface area (Å²) in [5.74, 6) is 0.854. The van der Waals surface area contributed by atoms with E-state index in [0.29, 0.717) is 0 Å². The zero-order valence-electron chi connectivity index (χ0n) is 16.2. The average Bonchev–Trinajstić information content (AvgIpc) is 3.12. The maximum atomic E-state index is 5.16. The molecule has 28 heavy (non-hydrogen) atoms. The van der Waals surface area contributed by atoms with Crippen molar-refractivity contribution in [2.24, 2.45) is 0 Å². The molecule has 0 amide bonds. The van der Waals surface area contributed by atoms with Crippen LogP contribution in [0.25, 0.3) is 27.8 Å². The molecule has 0 unspecified atom stereocenters. The molecule has 0 bridgehead atoms. The average molecular weight is 372 g/mol. The Morgan fingerprint density at radius 1 is 1.00 bits per heavy atom. The van der Waals surface area contributed by atoms with Crippen molar-refractivity contribution in [3.05, 3.63) is 72.7 Å². The number of anilines is 1. The standard InChI is InChI=1S/C23H24N4O/c1-17-9-6-7-12-20(17)27-15-19(18-10-4-3-5-11-18)21-22(24-13-8-14-28-2)25-16-26-23(21)27/h3-7,9-12,15-16H,8,13-14H2,1-2H3,(H,24,25,26).